The summed E-state index contributed by atoms with van der Waals surface area (Å²) in [6.07, 6.45) is 0.246. The van der Waals surface area contributed by atoms with E-state index in [0.29, 0.717) is 47.0 Å². The highest BCUT2D eigenvalue weighted by Gasteiger charge is 2.20. The Labute approximate surface area is 176 Å². The van der Waals surface area contributed by atoms with Crippen molar-refractivity contribution >= 4 is 39.1 Å². The molecule has 1 aromatic heterocycles. The molecular weight excluding hydrogens is 445 g/mol. The largest absolute Gasteiger partial charge is 0.465 e. The molecule has 1 aliphatic heterocycles. The molecule has 29 heavy (non-hydrogen) atoms. The lowest BCUT2D eigenvalue weighted by Gasteiger charge is -2.26. The standard InChI is InChI=1S/C20H23BrFN3O4/c1-12-18(19(21)13(2)29-12)20(27)23-14-3-4-15(22)16(11-14)24-17(26)5-6-25-7-9-28-10-8-25/h3-4,11H,5-10H2,1-2H3,(H,23,27)(H,24,26). The fourth-order valence-corrected chi connectivity index (χ4v) is 3.65. The predicted octanol–water partition coefficient (Wildman–Crippen LogP) is 3.71. The highest BCUT2D eigenvalue weighted by atomic mass is 79.9. The molecule has 1 aromatic carbocycles. The van der Waals surface area contributed by atoms with Crippen LogP contribution in [0.2, 0.25) is 0 Å². The Morgan fingerprint density at radius 3 is 2.55 bits per heavy atom. The Morgan fingerprint density at radius 1 is 1.17 bits per heavy atom. The number of nitrogens with one attached hydrogen (secondary N) is 2. The average Bonchev–Trinajstić information content (AvgIpc) is 2.95. The highest BCUT2D eigenvalue weighted by molar-refractivity contribution is 9.10. The average molecular weight is 468 g/mol. The molecule has 7 nitrogen and oxygen atoms in total. The molecule has 0 radical (unpaired) electrons. The molecule has 0 atom stereocenters. The van der Waals surface area contributed by atoms with Crippen LogP contribution in [0.15, 0.2) is 27.1 Å². The van der Waals surface area contributed by atoms with Gasteiger partial charge in [-0.1, -0.05) is 0 Å². The molecule has 2 heterocycles. The van der Waals surface area contributed by atoms with E-state index in [1.54, 1.807) is 13.8 Å². The van der Waals surface area contributed by atoms with Gasteiger partial charge in [0.25, 0.3) is 5.91 Å². The molecular formula is C20H23BrFN3O4. The summed E-state index contributed by atoms with van der Waals surface area (Å²) in [6.45, 7) is 6.90. The van der Waals surface area contributed by atoms with E-state index >= 15 is 0 Å². The quantitative estimate of drug-likeness (QED) is 0.676. The van der Waals surface area contributed by atoms with E-state index in [4.69, 9.17) is 9.15 Å². The number of benzene rings is 1. The fourth-order valence-electron chi connectivity index (χ4n) is 3.11. The van der Waals surface area contributed by atoms with Crippen LogP contribution in [0.1, 0.15) is 28.3 Å². The number of hydrogen-bond donors (Lipinski definition) is 2. The molecule has 1 aliphatic rings. The summed E-state index contributed by atoms with van der Waals surface area (Å²) in [7, 11) is 0. The second kappa shape index (κ2) is 9.51. The lowest BCUT2D eigenvalue weighted by atomic mass is 10.2. The van der Waals surface area contributed by atoms with Gasteiger partial charge < -0.3 is 19.8 Å². The van der Waals surface area contributed by atoms with Crippen molar-refractivity contribution in [2.24, 2.45) is 0 Å². The van der Waals surface area contributed by atoms with Crippen molar-refractivity contribution in [3.63, 3.8) is 0 Å². The maximum Gasteiger partial charge on any atom is 0.260 e. The third-order valence-electron chi connectivity index (χ3n) is 4.67. The number of aryl methyl sites for hydroxylation is 2. The highest BCUT2D eigenvalue weighted by Crippen LogP contribution is 2.28. The Balaban J connectivity index is 1.63. The Hall–Kier alpha value is -2.23. The summed E-state index contributed by atoms with van der Waals surface area (Å²) in [6, 6.07) is 4.04. The molecule has 1 fully saturated rings. The summed E-state index contributed by atoms with van der Waals surface area (Å²) in [5.41, 5.74) is 0.766. The molecule has 156 valence electrons. The van der Waals surface area contributed by atoms with Crippen LogP contribution in [0.5, 0.6) is 0 Å². The first kappa shape index (κ1) is 21.5. The zero-order valence-electron chi connectivity index (χ0n) is 16.3. The number of rotatable bonds is 6. The van der Waals surface area contributed by atoms with Crippen LogP contribution in [0.25, 0.3) is 0 Å². The molecule has 3 rings (SSSR count). The number of hydrogen-bond acceptors (Lipinski definition) is 5. The van der Waals surface area contributed by atoms with E-state index in [-0.39, 0.29) is 23.9 Å². The number of nitrogens with zero attached hydrogens (tertiary/aromatic N) is 1. The number of ether oxygens (including phenoxy) is 1. The molecule has 0 spiro atoms. The molecule has 2 amide bonds. The third-order valence-corrected chi connectivity index (χ3v) is 5.63. The van der Waals surface area contributed by atoms with E-state index in [1.165, 1.54) is 18.2 Å². The number of furan rings is 1. The molecule has 9 heteroatoms. The number of anilines is 2. The second-order valence-electron chi connectivity index (χ2n) is 6.80. The monoisotopic (exact) mass is 467 g/mol. The Kier molecular flexibility index (Phi) is 7.05. The topological polar surface area (TPSA) is 83.8 Å². The van der Waals surface area contributed by atoms with Crippen LogP contribution >= 0.6 is 15.9 Å². The van der Waals surface area contributed by atoms with Crippen molar-refractivity contribution in [2.45, 2.75) is 20.3 Å². The van der Waals surface area contributed by atoms with Gasteiger partial charge >= 0.3 is 0 Å². The second-order valence-corrected chi connectivity index (χ2v) is 7.60. The van der Waals surface area contributed by atoms with Gasteiger partial charge in [-0.15, -0.1) is 0 Å². The minimum atomic E-state index is -0.570. The van der Waals surface area contributed by atoms with E-state index in [2.05, 4.69) is 31.5 Å². The van der Waals surface area contributed by atoms with Crippen molar-refractivity contribution in [1.82, 2.24) is 4.90 Å². The molecule has 0 aliphatic carbocycles. The van der Waals surface area contributed by atoms with Gasteiger partial charge in [0.05, 0.1) is 28.9 Å². The first-order valence-corrected chi connectivity index (χ1v) is 10.1. The van der Waals surface area contributed by atoms with Gasteiger partial charge in [0.15, 0.2) is 0 Å². The first-order valence-electron chi connectivity index (χ1n) is 9.31. The lowest BCUT2D eigenvalue weighted by molar-refractivity contribution is -0.116. The maximum absolute atomic E-state index is 14.1. The number of carbonyl (C=O) groups is 2. The van der Waals surface area contributed by atoms with Gasteiger partial charge in [0, 0.05) is 31.7 Å². The van der Waals surface area contributed by atoms with Gasteiger partial charge in [0.2, 0.25) is 5.91 Å². The van der Waals surface area contributed by atoms with Crippen LogP contribution in [0.3, 0.4) is 0 Å². The molecule has 0 bridgehead atoms. The third kappa shape index (κ3) is 5.43. The Morgan fingerprint density at radius 2 is 1.90 bits per heavy atom. The van der Waals surface area contributed by atoms with Gasteiger partial charge in [-0.05, 0) is 48.0 Å². The van der Waals surface area contributed by atoms with Gasteiger partial charge in [-0.3, -0.25) is 14.5 Å². The summed E-state index contributed by atoms with van der Waals surface area (Å²) >= 11 is 3.34. The molecule has 1 saturated heterocycles. The zero-order valence-corrected chi connectivity index (χ0v) is 17.9. The van der Waals surface area contributed by atoms with Crippen LogP contribution in [0.4, 0.5) is 15.8 Å². The smallest absolute Gasteiger partial charge is 0.260 e. The normalized spacial score (nSPS) is 14.6. The van der Waals surface area contributed by atoms with Gasteiger partial charge in [0.1, 0.15) is 17.3 Å². The predicted molar refractivity (Wildman–Crippen MR) is 111 cm³/mol. The lowest BCUT2D eigenvalue weighted by Crippen LogP contribution is -2.38. The van der Waals surface area contributed by atoms with Crippen LogP contribution in [-0.4, -0.2) is 49.6 Å². The van der Waals surface area contributed by atoms with Crippen LogP contribution in [-0.2, 0) is 9.53 Å². The molecule has 2 aromatic rings. The van der Waals surface area contributed by atoms with Crippen molar-refractivity contribution in [2.75, 3.05) is 43.5 Å². The number of carbonyl (C=O) groups excluding carboxylic acids is 2. The SMILES string of the molecule is Cc1oc(C)c(C(=O)Nc2ccc(F)c(NC(=O)CCN3CCOCC3)c2)c1Br. The fraction of sp³-hybridized carbons (Fsp3) is 0.400. The van der Waals surface area contributed by atoms with Crippen molar-refractivity contribution in [3.05, 3.63) is 45.6 Å². The number of halogens is 2. The zero-order chi connectivity index (χ0) is 21.0. The van der Waals surface area contributed by atoms with Crippen LogP contribution in [0, 0.1) is 19.7 Å². The van der Waals surface area contributed by atoms with Gasteiger partial charge in [-0.25, -0.2) is 4.39 Å². The molecule has 0 unspecified atom stereocenters. The van der Waals surface area contributed by atoms with E-state index in [9.17, 15) is 14.0 Å². The maximum atomic E-state index is 14.1. The van der Waals surface area contributed by atoms with E-state index < -0.39 is 5.82 Å². The van der Waals surface area contributed by atoms with Gasteiger partial charge in [-0.2, -0.15) is 0 Å². The van der Waals surface area contributed by atoms with Crippen molar-refractivity contribution in [1.29, 1.82) is 0 Å². The summed E-state index contributed by atoms with van der Waals surface area (Å²) in [5, 5.41) is 5.29. The molecule has 0 saturated carbocycles. The summed E-state index contributed by atoms with van der Waals surface area (Å²) in [5.74, 6) is -0.171. The van der Waals surface area contributed by atoms with Crippen molar-refractivity contribution in [3.8, 4) is 0 Å². The first-order chi connectivity index (χ1) is 13.8. The number of morpholine rings is 1. The summed E-state index contributed by atoms with van der Waals surface area (Å²) < 4.78 is 25.4. The van der Waals surface area contributed by atoms with Crippen LogP contribution < -0.4 is 10.6 Å². The summed E-state index contributed by atoms with van der Waals surface area (Å²) in [4.78, 5) is 26.9. The van der Waals surface area contributed by atoms with E-state index in [1.807, 2.05) is 0 Å². The molecule has 2 N–H and O–H groups in total. The minimum Gasteiger partial charge on any atom is -0.465 e. The number of amides is 2. The Bertz CT molecular complexity index is 909. The van der Waals surface area contributed by atoms with E-state index in [0.717, 1.165) is 13.1 Å². The van der Waals surface area contributed by atoms with Crippen molar-refractivity contribution < 1.29 is 23.1 Å². The minimum absolute atomic E-state index is 0.0222.